The van der Waals surface area contributed by atoms with E-state index < -0.39 is 0 Å². The summed E-state index contributed by atoms with van der Waals surface area (Å²) in [5.74, 6) is 1.86. The molecule has 3 nitrogen and oxygen atoms in total. The maximum Gasteiger partial charge on any atom is 0.155 e. The van der Waals surface area contributed by atoms with Crippen LogP contribution in [0.25, 0.3) is 0 Å². The quantitative estimate of drug-likeness (QED) is 0.733. The van der Waals surface area contributed by atoms with Gasteiger partial charge in [-0.15, -0.1) is 0 Å². The lowest BCUT2D eigenvalue weighted by Crippen LogP contribution is -2.55. The second-order valence-corrected chi connectivity index (χ2v) is 9.23. The summed E-state index contributed by atoms with van der Waals surface area (Å²) in [6.45, 7) is 6.12. The molecule has 0 amide bonds. The van der Waals surface area contributed by atoms with Crippen LogP contribution in [0.3, 0.4) is 0 Å². The Morgan fingerprint density at radius 2 is 1.88 bits per heavy atom. The number of rotatable bonds is 1. The molecule has 3 fully saturated rings. The second kappa shape index (κ2) is 5.12. The minimum atomic E-state index is -0.133. The average molecular weight is 328 g/mol. The molecule has 3 heteroatoms. The molecule has 0 unspecified atom stereocenters. The number of hydrogen-bond donors (Lipinski definition) is 0. The van der Waals surface area contributed by atoms with Crippen LogP contribution >= 0.6 is 0 Å². The van der Waals surface area contributed by atoms with Crippen LogP contribution < -0.4 is 0 Å². The van der Waals surface area contributed by atoms with Gasteiger partial charge >= 0.3 is 0 Å². The first-order chi connectivity index (χ1) is 11.3. The number of hydrogen-bond acceptors (Lipinski definition) is 3. The van der Waals surface area contributed by atoms with E-state index in [0.29, 0.717) is 30.5 Å². The first-order valence-electron chi connectivity index (χ1n) is 9.54. The lowest BCUT2D eigenvalue weighted by atomic mass is 9.46. The van der Waals surface area contributed by atoms with Gasteiger partial charge in [0.25, 0.3) is 0 Å². The first-order valence-corrected chi connectivity index (χ1v) is 9.54. The summed E-state index contributed by atoms with van der Waals surface area (Å²) >= 11 is 0. The minimum Gasteiger partial charge on any atom is -0.300 e. The molecule has 0 aromatic heterocycles. The van der Waals surface area contributed by atoms with Crippen molar-refractivity contribution >= 4 is 17.3 Å². The summed E-state index contributed by atoms with van der Waals surface area (Å²) in [5, 5.41) is 0. The van der Waals surface area contributed by atoms with Crippen molar-refractivity contribution in [2.45, 2.75) is 65.7 Å². The number of Topliss-reactive ketones (excluding diaryl/α,β-unsaturated/α-hetero) is 2. The maximum atomic E-state index is 13.3. The Labute approximate surface area is 144 Å². The molecule has 4 aliphatic rings. The molecule has 130 valence electrons. The topological polar surface area (TPSA) is 51.2 Å². The Kier molecular flexibility index (Phi) is 3.47. The fourth-order valence-corrected chi connectivity index (χ4v) is 7.05. The van der Waals surface area contributed by atoms with Gasteiger partial charge in [-0.1, -0.05) is 19.4 Å². The van der Waals surface area contributed by atoms with Crippen molar-refractivity contribution in [2.24, 2.45) is 34.5 Å². The maximum absolute atomic E-state index is 13.3. The van der Waals surface area contributed by atoms with Gasteiger partial charge in [-0.25, -0.2) is 0 Å². The van der Waals surface area contributed by atoms with Crippen molar-refractivity contribution in [2.75, 3.05) is 0 Å². The molecule has 3 saturated carbocycles. The molecule has 0 N–H and O–H groups in total. The zero-order valence-corrected chi connectivity index (χ0v) is 15.1. The number of carbonyl (C=O) groups is 3. The molecular formula is C21H28O3. The lowest BCUT2D eigenvalue weighted by molar-refractivity contribution is -0.148. The van der Waals surface area contributed by atoms with Crippen LogP contribution in [0.4, 0.5) is 0 Å². The summed E-state index contributed by atoms with van der Waals surface area (Å²) in [7, 11) is 0. The van der Waals surface area contributed by atoms with E-state index >= 15 is 0 Å². The Morgan fingerprint density at radius 3 is 2.58 bits per heavy atom. The van der Waals surface area contributed by atoms with Gasteiger partial charge in [0.1, 0.15) is 11.6 Å². The predicted octanol–water partition coefficient (Wildman–Crippen LogP) is 3.90. The first kappa shape index (κ1) is 16.2. The molecule has 0 spiro atoms. The predicted molar refractivity (Wildman–Crippen MR) is 91.3 cm³/mol. The fraction of sp³-hybridized carbons (Fsp3) is 0.762. The van der Waals surface area contributed by atoms with E-state index in [9.17, 15) is 14.4 Å². The smallest absolute Gasteiger partial charge is 0.155 e. The van der Waals surface area contributed by atoms with Crippen LogP contribution in [-0.4, -0.2) is 17.3 Å². The van der Waals surface area contributed by atoms with Crippen LogP contribution in [0, 0.1) is 34.5 Å². The summed E-state index contributed by atoms with van der Waals surface area (Å²) < 4.78 is 0. The van der Waals surface area contributed by atoms with E-state index in [1.54, 1.807) is 6.92 Å². The van der Waals surface area contributed by atoms with Gasteiger partial charge in [0, 0.05) is 24.7 Å². The number of ketones is 3. The highest BCUT2D eigenvalue weighted by molar-refractivity contribution is 5.93. The molecule has 4 rings (SSSR count). The van der Waals surface area contributed by atoms with Crippen molar-refractivity contribution < 1.29 is 14.4 Å². The highest BCUT2D eigenvalue weighted by Crippen LogP contribution is 2.65. The standard InChI is InChI=1S/C21H28O3/c1-12(22)16-6-7-17-15-5-4-13-10-14(23)8-9-20(13,2)19(15)18(24)11-21(16,17)3/h10,15-17,19H,4-9,11H2,1-3H3/t15-,16+,17-,19-,20+,21+/m0/s1. The van der Waals surface area contributed by atoms with E-state index in [-0.39, 0.29) is 34.2 Å². The van der Waals surface area contributed by atoms with Crippen molar-refractivity contribution in [1.29, 1.82) is 0 Å². The number of allylic oxidation sites excluding steroid dienone is 1. The highest BCUT2D eigenvalue weighted by Gasteiger charge is 2.62. The van der Waals surface area contributed by atoms with E-state index in [1.807, 2.05) is 6.08 Å². The second-order valence-electron chi connectivity index (χ2n) is 9.23. The lowest BCUT2D eigenvalue weighted by Gasteiger charge is -2.56. The molecule has 6 atom stereocenters. The van der Waals surface area contributed by atoms with Gasteiger partial charge in [-0.2, -0.15) is 0 Å². The zero-order valence-electron chi connectivity index (χ0n) is 15.1. The largest absolute Gasteiger partial charge is 0.300 e. The van der Waals surface area contributed by atoms with Gasteiger partial charge in [-0.05, 0) is 67.8 Å². The minimum absolute atomic E-state index is 0.0603. The van der Waals surface area contributed by atoms with Crippen LogP contribution in [0.15, 0.2) is 11.6 Å². The van der Waals surface area contributed by atoms with E-state index in [1.165, 1.54) is 5.57 Å². The molecule has 0 saturated heterocycles. The van der Waals surface area contributed by atoms with E-state index in [4.69, 9.17) is 0 Å². The van der Waals surface area contributed by atoms with Crippen molar-refractivity contribution in [3.63, 3.8) is 0 Å². The third-order valence-corrected chi connectivity index (χ3v) is 8.14. The third kappa shape index (κ3) is 1.99. The molecule has 0 aromatic carbocycles. The van der Waals surface area contributed by atoms with Crippen molar-refractivity contribution in [1.82, 2.24) is 0 Å². The molecule has 0 heterocycles. The van der Waals surface area contributed by atoms with E-state index in [2.05, 4.69) is 13.8 Å². The van der Waals surface area contributed by atoms with Crippen LogP contribution in [0.1, 0.15) is 65.7 Å². The van der Waals surface area contributed by atoms with E-state index in [0.717, 1.165) is 32.1 Å². The monoisotopic (exact) mass is 328 g/mol. The Morgan fingerprint density at radius 1 is 1.12 bits per heavy atom. The molecule has 0 aromatic rings. The molecular weight excluding hydrogens is 300 g/mol. The van der Waals surface area contributed by atoms with Gasteiger partial charge in [0.15, 0.2) is 5.78 Å². The van der Waals surface area contributed by atoms with Crippen LogP contribution in [0.5, 0.6) is 0 Å². The summed E-state index contributed by atoms with van der Waals surface area (Å²) in [5.41, 5.74) is 0.966. The molecule has 0 aliphatic heterocycles. The van der Waals surface area contributed by atoms with Crippen LogP contribution in [-0.2, 0) is 14.4 Å². The van der Waals surface area contributed by atoms with Gasteiger partial charge in [0.05, 0.1) is 0 Å². The fourth-order valence-electron chi connectivity index (χ4n) is 7.05. The number of fused-ring (bicyclic) bond motifs is 5. The normalized spacial score (nSPS) is 47.5. The molecule has 4 aliphatic carbocycles. The molecule has 0 radical (unpaired) electrons. The van der Waals surface area contributed by atoms with Gasteiger partial charge < -0.3 is 0 Å². The summed E-state index contributed by atoms with van der Waals surface area (Å²) in [4.78, 5) is 37.3. The Hall–Kier alpha value is -1.25. The highest BCUT2D eigenvalue weighted by atomic mass is 16.1. The Bertz CT molecular complexity index is 660. The summed E-state index contributed by atoms with van der Waals surface area (Å²) in [6.07, 6.45) is 7.80. The van der Waals surface area contributed by atoms with Gasteiger partial charge in [0.2, 0.25) is 0 Å². The van der Waals surface area contributed by atoms with Gasteiger partial charge in [-0.3, -0.25) is 14.4 Å². The SMILES string of the molecule is CC(=O)[C@H]1CC[C@H]2[C@@H]3CCC4=CC(=O)CC[C@@]4(C)[C@@H]3C(=O)C[C@]12C. The Balaban J connectivity index is 1.74. The summed E-state index contributed by atoms with van der Waals surface area (Å²) in [6, 6.07) is 0. The van der Waals surface area contributed by atoms with Crippen molar-refractivity contribution in [3.05, 3.63) is 11.6 Å². The number of carbonyl (C=O) groups excluding carboxylic acids is 3. The average Bonchev–Trinajstić information content (AvgIpc) is 2.84. The third-order valence-electron chi connectivity index (χ3n) is 8.14. The van der Waals surface area contributed by atoms with Crippen molar-refractivity contribution in [3.8, 4) is 0 Å². The van der Waals surface area contributed by atoms with Crippen LogP contribution in [0.2, 0.25) is 0 Å². The molecule has 24 heavy (non-hydrogen) atoms. The molecule has 0 bridgehead atoms. The zero-order chi connectivity index (χ0) is 17.3.